The Bertz CT molecular complexity index is 1430. The minimum Gasteiger partial charge on any atom is -0.354 e. The van der Waals surface area contributed by atoms with Gasteiger partial charge >= 0.3 is 6.03 Å². The van der Waals surface area contributed by atoms with Crippen LogP contribution < -0.4 is 20.9 Å². The van der Waals surface area contributed by atoms with E-state index >= 15 is 0 Å². The number of fused-ring (bicyclic) bond motifs is 1. The Morgan fingerprint density at radius 1 is 0.833 bits per heavy atom. The number of para-hydroxylation sites is 2. The van der Waals surface area contributed by atoms with Gasteiger partial charge in [0.2, 0.25) is 0 Å². The zero-order chi connectivity index (χ0) is 25.1. The first-order valence-corrected chi connectivity index (χ1v) is 11.7. The second-order valence-electron chi connectivity index (χ2n) is 8.48. The molecule has 0 fully saturated rings. The number of rotatable bonds is 5. The van der Waals surface area contributed by atoms with Gasteiger partial charge in [0, 0.05) is 30.5 Å². The lowest BCUT2D eigenvalue weighted by Crippen LogP contribution is -2.43. The van der Waals surface area contributed by atoms with E-state index in [1.54, 1.807) is 13.1 Å². The molecule has 1 aliphatic heterocycles. The van der Waals surface area contributed by atoms with Crippen molar-refractivity contribution < 1.29 is 9.59 Å². The molecule has 3 amide bonds. The standard InChI is InChI=1S/C30H26N4O2/c1-33(24-12-6-3-7-13-24)30(36)34-26-15-9-8-14-25(26)27(29(34)35)28(22-10-4-2-5-11-22)32-23-18-16-21(20-31)17-19-23/h2-19,32H,20,31H2,1H3/b28-27-. The minimum absolute atomic E-state index is 0.381. The molecule has 5 rings (SSSR count). The Hall–Kier alpha value is -4.68. The van der Waals surface area contributed by atoms with E-state index in [0.717, 1.165) is 16.8 Å². The molecule has 0 aromatic heterocycles. The van der Waals surface area contributed by atoms with Crippen LogP contribution in [0, 0.1) is 0 Å². The van der Waals surface area contributed by atoms with Crippen LogP contribution in [0.5, 0.6) is 0 Å². The van der Waals surface area contributed by atoms with Crippen LogP contribution >= 0.6 is 0 Å². The molecule has 178 valence electrons. The van der Waals surface area contributed by atoms with E-state index in [0.29, 0.717) is 34.8 Å². The van der Waals surface area contributed by atoms with Gasteiger partial charge in [0.15, 0.2) is 0 Å². The summed E-state index contributed by atoms with van der Waals surface area (Å²) in [7, 11) is 1.67. The summed E-state index contributed by atoms with van der Waals surface area (Å²) in [6, 6.07) is 33.7. The van der Waals surface area contributed by atoms with Gasteiger partial charge in [0.1, 0.15) is 0 Å². The second-order valence-corrected chi connectivity index (χ2v) is 8.48. The van der Waals surface area contributed by atoms with Crippen LogP contribution in [-0.2, 0) is 11.3 Å². The van der Waals surface area contributed by atoms with Crippen LogP contribution in [0.2, 0.25) is 0 Å². The zero-order valence-corrected chi connectivity index (χ0v) is 19.9. The first kappa shape index (κ1) is 23.1. The highest BCUT2D eigenvalue weighted by Crippen LogP contribution is 2.41. The van der Waals surface area contributed by atoms with Crippen LogP contribution in [0.4, 0.5) is 21.9 Å². The normalized spacial score (nSPS) is 13.8. The number of anilines is 3. The summed E-state index contributed by atoms with van der Waals surface area (Å²) in [5.41, 5.74) is 11.4. The molecule has 6 nitrogen and oxygen atoms in total. The molecule has 4 aromatic carbocycles. The maximum atomic E-state index is 14.0. The number of carbonyl (C=O) groups is 2. The van der Waals surface area contributed by atoms with Crippen molar-refractivity contribution in [2.45, 2.75) is 6.54 Å². The van der Waals surface area contributed by atoms with E-state index < -0.39 is 6.03 Å². The second kappa shape index (κ2) is 9.90. The van der Waals surface area contributed by atoms with Crippen LogP contribution in [-0.4, -0.2) is 19.0 Å². The van der Waals surface area contributed by atoms with E-state index in [1.165, 1.54) is 9.80 Å². The fourth-order valence-electron chi connectivity index (χ4n) is 4.31. The lowest BCUT2D eigenvalue weighted by atomic mass is 10.00. The summed E-state index contributed by atoms with van der Waals surface area (Å²) in [5, 5.41) is 3.45. The van der Waals surface area contributed by atoms with Gasteiger partial charge < -0.3 is 11.1 Å². The fraction of sp³-hybridized carbons (Fsp3) is 0.0667. The van der Waals surface area contributed by atoms with Crippen molar-refractivity contribution in [3.8, 4) is 0 Å². The van der Waals surface area contributed by atoms with Crippen LogP contribution in [0.1, 0.15) is 16.7 Å². The molecular weight excluding hydrogens is 448 g/mol. The van der Waals surface area contributed by atoms with Crippen molar-refractivity contribution in [1.29, 1.82) is 0 Å². The van der Waals surface area contributed by atoms with Crippen LogP contribution in [0.3, 0.4) is 0 Å². The molecule has 36 heavy (non-hydrogen) atoms. The van der Waals surface area contributed by atoms with Crippen molar-refractivity contribution in [2.24, 2.45) is 5.73 Å². The maximum Gasteiger partial charge on any atom is 0.335 e. The largest absolute Gasteiger partial charge is 0.354 e. The van der Waals surface area contributed by atoms with Crippen molar-refractivity contribution in [2.75, 3.05) is 22.2 Å². The molecule has 0 bridgehead atoms. The topological polar surface area (TPSA) is 78.7 Å². The first-order chi connectivity index (χ1) is 17.6. The number of amides is 3. The molecule has 0 spiro atoms. The molecule has 0 unspecified atom stereocenters. The molecule has 3 N–H and O–H groups in total. The number of nitrogens with one attached hydrogen (secondary N) is 1. The number of hydrogen-bond donors (Lipinski definition) is 2. The van der Waals surface area contributed by atoms with Gasteiger partial charge in [-0.3, -0.25) is 9.69 Å². The molecule has 0 atom stereocenters. The summed E-state index contributed by atoms with van der Waals surface area (Å²) in [6.45, 7) is 0.449. The van der Waals surface area contributed by atoms with E-state index in [1.807, 2.05) is 103 Å². The van der Waals surface area contributed by atoms with E-state index in [4.69, 9.17) is 5.73 Å². The zero-order valence-electron chi connectivity index (χ0n) is 19.9. The van der Waals surface area contributed by atoms with Gasteiger partial charge in [-0.2, -0.15) is 0 Å². The SMILES string of the molecule is CN(C(=O)N1C(=O)/C(=C(\Nc2ccc(CN)cc2)c2ccccc2)c2ccccc21)c1ccccc1. The molecule has 1 heterocycles. The number of imide groups is 1. The molecule has 1 aliphatic rings. The number of nitrogens with two attached hydrogens (primary N) is 1. The predicted octanol–water partition coefficient (Wildman–Crippen LogP) is 5.73. The van der Waals surface area contributed by atoms with Crippen molar-refractivity contribution in [1.82, 2.24) is 0 Å². The van der Waals surface area contributed by atoms with E-state index in [9.17, 15) is 9.59 Å². The maximum absolute atomic E-state index is 14.0. The third-order valence-electron chi connectivity index (χ3n) is 6.22. The van der Waals surface area contributed by atoms with Gasteiger partial charge in [-0.25, -0.2) is 9.69 Å². The fourth-order valence-corrected chi connectivity index (χ4v) is 4.31. The summed E-state index contributed by atoms with van der Waals surface area (Å²) >= 11 is 0. The van der Waals surface area contributed by atoms with E-state index in [-0.39, 0.29) is 5.91 Å². The Labute approximate surface area is 210 Å². The van der Waals surface area contributed by atoms with Gasteiger partial charge in [0.05, 0.1) is 17.0 Å². The lowest BCUT2D eigenvalue weighted by molar-refractivity contribution is -0.112. The molecule has 0 aliphatic carbocycles. The molecule has 6 heteroatoms. The Balaban J connectivity index is 1.63. The lowest BCUT2D eigenvalue weighted by Gasteiger charge is -2.24. The summed E-state index contributed by atoms with van der Waals surface area (Å²) in [5.74, 6) is -0.381. The van der Waals surface area contributed by atoms with Gasteiger partial charge in [-0.1, -0.05) is 78.9 Å². The quantitative estimate of drug-likeness (QED) is 0.362. The van der Waals surface area contributed by atoms with Gasteiger partial charge in [-0.15, -0.1) is 0 Å². The van der Waals surface area contributed by atoms with Gasteiger partial charge in [-0.05, 0) is 41.5 Å². The van der Waals surface area contributed by atoms with E-state index in [2.05, 4.69) is 5.32 Å². The minimum atomic E-state index is -0.423. The summed E-state index contributed by atoms with van der Waals surface area (Å²) in [4.78, 5) is 30.4. The number of carbonyl (C=O) groups excluding carboxylic acids is 2. The average Bonchev–Trinajstić information content (AvgIpc) is 3.23. The Kier molecular flexibility index (Phi) is 6.34. The first-order valence-electron chi connectivity index (χ1n) is 11.7. The number of nitrogens with zero attached hydrogens (tertiary/aromatic N) is 2. The average molecular weight is 475 g/mol. The van der Waals surface area contributed by atoms with Crippen LogP contribution in [0.15, 0.2) is 109 Å². The number of benzene rings is 4. The third kappa shape index (κ3) is 4.26. The van der Waals surface area contributed by atoms with Crippen molar-refractivity contribution in [3.05, 3.63) is 126 Å². The summed E-state index contributed by atoms with van der Waals surface area (Å²) < 4.78 is 0. The highest BCUT2D eigenvalue weighted by atomic mass is 16.2. The van der Waals surface area contributed by atoms with Crippen LogP contribution in [0.25, 0.3) is 11.3 Å². The predicted molar refractivity (Wildman–Crippen MR) is 145 cm³/mol. The Morgan fingerprint density at radius 3 is 2.11 bits per heavy atom. The monoisotopic (exact) mass is 474 g/mol. The van der Waals surface area contributed by atoms with Crippen molar-refractivity contribution >= 4 is 40.3 Å². The number of urea groups is 1. The number of hydrogen-bond acceptors (Lipinski definition) is 4. The molecular formula is C30H26N4O2. The smallest absolute Gasteiger partial charge is 0.335 e. The van der Waals surface area contributed by atoms with Gasteiger partial charge in [0.25, 0.3) is 5.91 Å². The molecule has 0 radical (unpaired) electrons. The Morgan fingerprint density at radius 2 is 1.44 bits per heavy atom. The highest BCUT2D eigenvalue weighted by molar-refractivity contribution is 6.44. The summed E-state index contributed by atoms with van der Waals surface area (Å²) in [6.07, 6.45) is 0. The van der Waals surface area contributed by atoms with Crippen molar-refractivity contribution in [3.63, 3.8) is 0 Å². The molecule has 0 saturated heterocycles. The highest BCUT2D eigenvalue weighted by Gasteiger charge is 2.40. The molecule has 0 saturated carbocycles. The third-order valence-corrected chi connectivity index (χ3v) is 6.22. The molecule has 4 aromatic rings.